The summed E-state index contributed by atoms with van der Waals surface area (Å²) >= 11 is 7.74. The zero-order valence-corrected chi connectivity index (χ0v) is 14.6. The highest BCUT2D eigenvalue weighted by Gasteiger charge is 2.10. The lowest BCUT2D eigenvalue weighted by atomic mass is 10.1. The van der Waals surface area contributed by atoms with E-state index in [0.717, 1.165) is 22.9 Å². The van der Waals surface area contributed by atoms with Crippen LogP contribution in [0.15, 0.2) is 30.3 Å². The van der Waals surface area contributed by atoms with Crippen LogP contribution in [0, 0.1) is 6.92 Å². The van der Waals surface area contributed by atoms with Gasteiger partial charge in [0, 0.05) is 26.9 Å². The minimum absolute atomic E-state index is 0.140. The van der Waals surface area contributed by atoms with Gasteiger partial charge in [-0.1, -0.05) is 11.6 Å². The molecule has 0 aliphatic rings. The first-order valence-electron chi connectivity index (χ1n) is 7.05. The van der Waals surface area contributed by atoms with E-state index in [-0.39, 0.29) is 5.54 Å². The number of rotatable bonds is 5. The van der Waals surface area contributed by atoms with Crippen LogP contribution in [0.2, 0.25) is 5.02 Å². The third kappa shape index (κ3) is 5.34. The number of ether oxygens (including phenoxy) is 1. The Morgan fingerprint density at radius 2 is 1.86 bits per heavy atom. The van der Waals surface area contributed by atoms with Gasteiger partial charge in [-0.05, 0) is 63.6 Å². The molecule has 4 heteroatoms. The summed E-state index contributed by atoms with van der Waals surface area (Å²) in [6.07, 6.45) is 0. The molecule has 1 aromatic carbocycles. The number of hydrogen-bond acceptors (Lipinski definition) is 3. The second-order valence-corrected chi connectivity index (χ2v) is 7.86. The molecule has 1 N–H and O–H groups in total. The van der Waals surface area contributed by atoms with Crippen molar-refractivity contribution < 1.29 is 4.74 Å². The van der Waals surface area contributed by atoms with Gasteiger partial charge in [-0.15, -0.1) is 11.3 Å². The second kappa shape index (κ2) is 6.82. The van der Waals surface area contributed by atoms with Crippen molar-refractivity contribution in [2.75, 3.05) is 0 Å². The van der Waals surface area contributed by atoms with E-state index in [2.05, 4.69) is 38.2 Å². The molecule has 0 amide bonds. The van der Waals surface area contributed by atoms with E-state index in [4.69, 9.17) is 16.3 Å². The van der Waals surface area contributed by atoms with Crippen molar-refractivity contribution >= 4 is 22.9 Å². The summed E-state index contributed by atoms with van der Waals surface area (Å²) in [5.74, 6) is 0.891. The first-order chi connectivity index (χ1) is 9.83. The zero-order chi connectivity index (χ0) is 15.5. The fourth-order valence-electron chi connectivity index (χ4n) is 1.87. The van der Waals surface area contributed by atoms with Crippen molar-refractivity contribution in [1.29, 1.82) is 0 Å². The highest BCUT2D eigenvalue weighted by molar-refractivity contribution is 7.11. The highest BCUT2D eigenvalue weighted by atomic mass is 35.5. The number of thiophene rings is 1. The molecule has 0 aliphatic carbocycles. The Balaban J connectivity index is 1.90. The van der Waals surface area contributed by atoms with Crippen LogP contribution in [0.5, 0.6) is 5.75 Å². The quantitative estimate of drug-likeness (QED) is 0.818. The molecule has 2 rings (SSSR count). The standard InChI is InChI=1S/C17H22ClNOS/c1-12-9-13(18)5-8-16(12)20-11-15-7-6-14(21-15)10-19-17(2,3)4/h5-9,19H,10-11H2,1-4H3. The molecule has 0 radical (unpaired) electrons. The van der Waals surface area contributed by atoms with E-state index in [1.807, 2.05) is 25.1 Å². The maximum Gasteiger partial charge on any atom is 0.122 e. The topological polar surface area (TPSA) is 21.3 Å². The Bertz CT molecular complexity index is 601. The van der Waals surface area contributed by atoms with Gasteiger partial charge in [-0.25, -0.2) is 0 Å². The molecule has 0 aliphatic heterocycles. The van der Waals surface area contributed by atoms with Crippen LogP contribution >= 0.6 is 22.9 Å². The van der Waals surface area contributed by atoms with E-state index in [1.165, 1.54) is 9.75 Å². The molecule has 0 atom stereocenters. The van der Waals surface area contributed by atoms with E-state index >= 15 is 0 Å². The first kappa shape index (κ1) is 16.3. The van der Waals surface area contributed by atoms with Gasteiger partial charge in [-0.3, -0.25) is 0 Å². The lowest BCUT2D eigenvalue weighted by Crippen LogP contribution is -2.34. The van der Waals surface area contributed by atoms with E-state index in [0.29, 0.717) is 6.61 Å². The number of hydrogen-bond donors (Lipinski definition) is 1. The molecule has 1 aromatic heterocycles. The van der Waals surface area contributed by atoms with Crippen LogP contribution in [-0.4, -0.2) is 5.54 Å². The fraction of sp³-hybridized carbons (Fsp3) is 0.412. The first-order valence-corrected chi connectivity index (χ1v) is 8.24. The largest absolute Gasteiger partial charge is 0.488 e. The molecule has 0 fully saturated rings. The summed E-state index contributed by atoms with van der Waals surface area (Å²) in [6.45, 7) is 10.0. The van der Waals surface area contributed by atoms with Crippen LogP contribution < -0.4 is 10.1 Å². The van der Waals surface area contributed by atoms with Gasteiger partial charge >= 0.3 is 0 Å². The van der Waals surface area contributed by atoms with Crippen LogP contribution in [0.1, 0.15) is 36.1 Å². The molecule has 0 spiro atoms. The Morgan fingerprint density at radius 1 is 1.14 bits per heavy atom. The monoisotopic (exact) mass is 323 g/mol. The molecule has 0 bridgehead atoms. The van der Waals surface area contributed by atoms with Crippen molar-refractivity contribution in [1.82, 2.24) is 5.32 Å². The second-order valence-electron chi connectivity index (χ2n) is 6.17. The maximum atomic E-state index is 5.95. The molecule has 21 heavy (non-hydrogen) atoms. The summed E-state index contributed by atoms with van der Waals surface area (Å²) < 4.78 is 5.87. The molecule has 0 saturated carbocycles. The average molecular weight is 324 g/mol. The van der Waals surface area contributed by atoms with Gasteiger partial charge in [0.15, 0.2) is 0 Å². The Hall–Kier alpha value is -1.03. The molecular weight excluding hydrogens is 302 g/mol. The molecule has 114 valence electrons. The molecule has 0 saturated heterocycles. The lowest BCUT2D eigenvalue weighted by molar-refractivity contribution is 0.307. The predicted octanol–water partition coefficient (Wildman–Crippen LogP) is 5.18. The highest BCUT2D eigenvalue weighted by Crippen LogP contribution is 2.24. The SMILES string of the molecule is Cc1cc(Cl)ccc1OCc1ccc(CNC(C)(C)C)s1. The van der Waals surface area contributed by atoms with Crippen LogP contribution in [-0.2, 0) is 13.2 Å². The molecular formula is C17H22ClNOS. The van der Waals surface area contributed by atoms with E-state index in [1.54, 1.807) is 11.3 Å². The van der Waals surface area contributed by atoms with Gasteiger partial charge in [0.05, 0.1) is 0 Å². The molecule has 1 heterocycles. The van der Waals surface area contributed by atoms with Gasteiger partial charge < -0.3 is 10.1 Å². The van der Waals surface area contributed by atoms with Crippen LogP contribution in [0.3, 0.4) is 0 Å². The fourth-order valence-corrected chi connectivity index (χ4v) is 2.97. The summed E-state index contributed by atoms with van der Waals surface area (Å²) in [5, 5.41) is 4.24. The number of nitrogens with one attached hydrogen (secondary N) is 1. The van der Waals surface area contributed by atoms with Crippen molar-refractivity contribution in [2.24, 2.45) is 0 Å². The number of aryl methyl sites for hydroxylation is 1. The smallest absolute Gasteiger partial charge is 0.122 e. The maximum absolute atomic E-state index is 5.95. The third-order valence-corrected chi connectivity index (χ3v) is 4.31. The normalized spacial score (nSPS) is 11.7. The molecule has 2 nitrogen and oxygen atoms in total. The van der Waals surface area contributed by atoms with Gasteiger partial charge in [0.2, 0.25) is 0 Å². The van der Waals surface area contributed by atoms with Gasteiger partial charge in [0.25, 0.3) is 0 Å². The minimum Gasteiger partial charge on any atom is -0.488 e. The van der Waals surface area contributed by atoms with E-state index < -0.39 is 0 Å². The van der Waals surface area contributed by atoms with Crippen LogP contribution in [0.25, 0.3) is 0 Å². The van der Waals surface area contributed by atoms with Gasteiger partial charge in [-0.2, -0.15) is 0 Å². The summed E-state index contributed by atoms with van der Waals surface area (Å²) in [6, 6.07) is 10.0. The van der Waals surface area contributed by atoms with Crippen molar-refractivity contribution in [3.05, 3.63) is 50.7 Å². The summed E-state index contributed by atoms with van der Waals surface area (Å²) in [7, 11) is 0. The zero-order valence-electron chi connectivity index (χ0n) is 13.0. The van der Waals surface area contributed by atoms with Crippen molar-refractivity contribution in [3.63, 3.8) is 0 Å². The molecule has 2 aromatic rings. The predicted molar refractivity (Wildman–Crippen MR) is 91.4 cm³/mol. The third-order valence-electron chi connectivity index (χ3n) is 3.02. The summed E-state index contributed by atoms with van der Waals surface area (Å²) in [5.41, 5.74) is 1.20. The number of benzene rings is 1. The van der Waals surface area contributed by atoms with Crippen LogP contribution in [0.4, 0.5) is 0 Å². The Morgan fingerprint density at radius 3 is 2.52 bits per heavy atom. The summed E-state index contributed by atoms with van der Waals surface area (Å²) in [4.78, 5) is 2.56. The van der Waals surface area contributed by atoms with Gasteiger partial charge in [0.1, 0.15) is 12.4 Å². The minimum atomic E-state index is 0.140. The Kier molecular flexibility index (Phi) is 5.31. The average Bonchev–Trinajstić information content (AvgIpc) is 2.82. The number of halogens is 1. The van der Waals surface area contributed by atoms with Crippen molar-refractivity contribution in [2.45, 2.75) is 46.4 Å². The lowest BCUT2D eigenvalue weighted by Gasteiger charge is -2.19. The Labute approximate surface area is 136 Å². The van der Waals surface area contributed by atoms with Crippen molar-refractivity contribution in [3.8, 4) is 5.75 Å². The molecule has 0 unspecified atom stereocenters. The van der Waals surface area contributed by atoms with E-state index in [9.17, 15) is 0 Å².